The molecule has 1 atom stereocenters. The van der Waals surface area contributed by atoms with E-state index in [0.29, 0.717) is 31.6 Å². The van der Waals surface area contributed by atoms with Crippen molar-refractivity contribution in [3.63, 3.8) is 0 Å². The molecule has 1 amide bonds. The molecule has 7 heteroatoms. The van der Waals surface area contributed by atoms with Crippen LogP contribution in [-0.2, 0) is 17.9 Å². The Kier molecular flexibility index (Phi) is 6.85. The van der Waals surface area contributed by atoms with Gasteiger partial charge in [0.1, 0.15) is 18.1 Å². The minimum Gasteiger partial charge on any atom is -0.462 e. The van der Waals surface area contributed by atoms with Crippen molar-refractivity contribution >= 4 is 17.2 Å². The van der Waals surface area contributed by atoms with Gasteiger partial charge in [0.15, 0.2) is 0 Å². The van der Waals surface area contributed by atoms with Gasteiger partial charge in [0, 0.05) is 24.1 Å². The molecule has 2 N–H and O–H groups in total. The van der Waals surface area contributed by atoms with E-state index in [0.717, 1.165) is 36.6 Å². The van der Waals surface area contributed by atoms with Gasteiger partial charge < -0.3 is 19.6 Å². The molecule has 6 nitrogen and oxygen atoms in total. The number of nitrogens with one attached hydrogen (secondary N) is 1. The lowest BCUT2D eigenvalue weighted by Gasteiger charge is -2.22. The van der Waals surface area contributed by atoms with Crippen LogP contribution in [0.1, 0.15) is 51.9 Å². The molecular formula is C19H26N2O4S. The van der Waals surface area contributed by atoms with E-state index in [2.05, 4.69) is 16.3 Å². The van der Waals surface area contributed by atoms with Crippen molar-refractivity contribution in [3.05, 3.63) is 45.5 Å². The van der Waals surface area contributed by atoms with Crippen LogP contribution in [0.5, 0.6) is 0 Å². The maximum absolute atomic E-state index is 12.2. The van der Waals surface area contributed by atoms with Crippen molar-refractivity contribution < 1.29 is 19.1 Å². The Balaban J connectivity index is 1.59. The zero-order valence-corrected chi connectivity index (χ0v) is 15.9. The average molecular weight is 378 g/mol. The number of aliphatic hydroxyl groups excluding tert-OH is 1. The second-order valence-corrected chi connectivity index (χ2v) is 7.42. The Bertz CT molecular complexity index is 712. The molecule has 1 aliphatic rings. The van der Waals surface area contributed by atoms with Gasteiger partial charge >= 0.3 is 0 Å². The van der Waals surface area contributed by atoms with E-state index in [1.54, 1.807) is 11.3 Å². The summed E-state index contributed by atoms with van der Waals surface area (Å²) in [5, 5.41) is 12.0. The van der Waals surface area contributed by atoms with Crippen molar-refractivity contribution in [1.82, 2.24) is 10.2 Å². The Morgan fingerprint density at radius 2 is 2.23 bits per heavy atom. The Morgan fingerprint density at radius 3 is 3.00 bits per heavy atom. The number of carbonyl (C=O) groups excluding carboxylic acids is 1. The van der Waals surface area contributed by atoms with Gasteiger partial charge in [0.2, 0.25) is 0 Å². The van der Waals surface area contributed by atoms with E-state index in [-0.39, 0.29) is 12.5 Å². The molecule has 2 aromatic rings. The van der Waals surface area contributed by atoms with E-state index >= 15 is 0 Å². The van der Waals surface area contributed by atoms with Crippen molar-refractivity contribution in [3.8, 4) is 0 Å². The van der Waals surface area contributed by atoms with Crippen molar-refractivity contribution in [2.45, 2.75) is 39.0 Å². The summed E-state index contributed by atoms with van der Waals surface area (Å²) in [7, 11) is 0. The minimum atomic E-state index is -0.0733. The summed E-state index contributed by atoms with van der Waals surface area (Å²) in [6.45, 7) is 5.32. The molecule has 1 fully saturated rings. The van der Waals surface area contributed by atoms with Gasteiger partial charge in [0.25, 0.3) is 5.91 Å². The summed E-state index contributed by atoms with van der Waals surface area (Å²) < 4.78 is 10.9. The maximum atomic E-state index is 12.2. The summed E-state index contributed by atoms with van der Waals surface area (Å²) in [5.41, 5.74) is 0. The first-order valence-corrected chi connectivity index (χ1v) is 9.91. The van der Waals surface area contributed by atoms with Crippen LogP contribution >= 0.6 is 11.3 Å². The molecule has 0 aliphatic carbocycles. The fraction of sp³-hybridized carbons (Fsp3) is 0.526. The smallest absolute Gasteiger partial charge is 0.261 e. The summed E-state index contributed by atoms with van der Waals surface area (Å²) in [4.78, 5) is 16.6. The van der Waals surface area contributed by atoms with Crippen LogP contribution < -0.4 is 5.32 Å². The van der Waals surface area contributed by atoms with E-state index in [1.807, 2.05) is 25.1 Å². The van der Waals surface area contributed by atoms with Crippen LogP contribution in [0.2, 0.25) is 0 Å². The standard InChI is InChI=1S/C19H26N2O4S/c1-2-24-11-9-20-19(23)18-8-7-17(26-18)16-4-3-10-21(16)12-14-5-6-15(13-22)25-14/h5-8,16,22H,2-4,9-13H2,1H3,(H,20,23)/t16-/m1/s1. The first-order valence-electron chi connectivity index (χ1n) is 9.09. The fourth-order valence-electron chi connectivity index (χ4n) is 3.25. The maximum Gasteiger partial charge on any atom is 0.261 e. The molecule has 0 aromatic carbocycles. The van der Waals surface area contributed by atoms with E-state index < -0.39 is 0 Å². The van der Waals surface area contributed by atoms with Crippen LogP contribution in [0, 0.1) is 0 Å². The Hall–Kier alpha value is -1.67. The van der Waals surface area contributed by atoms with Crippen molar-refractivity contribution in [1.29, 1.82) is 0 Å². The lowest BCUT2D eigenvalue weighted by atomic mass is 10.2. The summed E-state index contributed by atoms with van der Waals surface area (Å²) in [6.07, 6.45) is 2.21. The molecular weight excluding hydrogens is 352 g/mol. The van der Waals surface area contributed by atoms with Crippen LogP contribution in [0.25, 0.3) is 0 Å². The summed E-state index contributed by atoms with van der Waals surface area (Å²) >= 11 is 1.56. The van der Waals surface area contributed by atoms with Gasteiger partial charge in [-0.05, 0) is 50.6 Å². The number of rotatable bonds is 9. The molecule has 0 unspecified atom stereocenters. The van der Waals surface area contributed by atoms with Gasteiger partial charge in [-0.1, -0.05) is 0 Å². The molecule has 0 radical (unpaired) electrons. The van der Waals surface area contributed by atoms with Crippen LogP contribution in [0.3, 0.4) is 0 Å². The molecule has 3 rings (SSSR count). The zero-order valence-electron chi connectivity index (χ0n) is 15.1. The number of furan rings is 1. The summed E-state index contributed by atoms with van der Waals surface area (Å²) in [6, 6.07) is 8.02. The molecule has 142 valence electrons. The van der Waals surface area contributed by atoms with E-state index in [4.69, 9.17) is 14.3 Å². The van der Waals surface area contributed by atoms with Crippen molar-refractivity contribution in [2.24, 2.45) is 0 Å². The highest BCUT2D eigenvalue weighted by Gasteiger charge is 2.28. The molecule has 1 aliphatic heterocycles. The monoisotopic (exact) mass is 378 g/mol. The summed E-state index contributed by atoms with van der Waals surface area (Å²) in [5.74, 6) is 1.42. The van der Waals surface area contributed by atoms with Gasteiger partial charge in [0.05, 0.1) is 18.0 Å². The molecule has 2 aromatic heterocycles. The molecule has 0 saturated carbocycles. The third kappa shape index (κ3) is 4.73. The molecule has 3 heterocycles. The van der Waals surface area contributed by atoms with Gasteiger partial charge in [-0.15, -0.1) is 11.3 Å². The van der Waals surface area contributed by atoms with Crippen molar-refractivity contribution in [2.75, 3.05) is 26.3 Å². The first kappa shape index (κ1) is 19.1. The lowest BCUT2D eigenvalue weighted by Crippen LogP contribution is -2.26. The second-order valence-electron chi connectivity index (χ2n) is 6.31. The highest BCUT2D eigenvalue weighted by molar-refractivity contribution is 7.14. The number of likely N-dealkylation sites (tertiary alicyclic amines) is 1. The number of ether oxygens (including phenoxy) is 1. The number of hydrogen-bond donors (Lipinski definition) is 2. The number of thiophene rings is 1. The number of carbonyl (C=O) groups is 1. The first-order chi connectivity index (χ1) is 12.7. The molecule has 0 spiro atoms. The number of aliphatic hydroxyl groups is 1. The normalized spacial score (nSPS) is 17.7. The highest BCUT2D eigenvalue weighted by Crippen LogP contribution is 2.37. The van der Waals surface area contributed by atoms with Gasteiger partial charge in [-0.3, -0.25) is 9.69 Å². The predicted molar refractivity (Wildman–Crippen MR) is 100 cm³/mol. The van der Waals surface area contributed by atoms with Gasteiger partial charge in [-0.2, -0.15) is 0 Å². The quantitative estimate of drug-likeness (QED) is 0.656. The van der Waals surface area contributed by atoms with Gasteiger partial charge in [-0.25, -0.2) is 0 Å². The van der Waals surface area contributed by atoms with Crippen LogP contribution in [-0.4, -0.2) is 42.2 Å². The van der Waals surface area contributed by atoms with Crippen LogP contribution in [0.4, 0.5) is 0 Å². The minimum absolute atomic E-state index is 0.0378. The molecule has 26 heavy (non-hydrogen) atoms. The Labute approximate surface area is 157 Å². The van der Waals surface area contributed by atoms with Crippen LogP contribution in [0.15, 0.2) is 28.7 Å². The number of amides is 1. The Morgan fingerprint density at radius 1 is 1.38 bits per heavy atom. The van der Waals surface area contributed by atoms with E-state index in [1.165, 1.54) is 4.88 Å². The number of hydrogen-bond acceptors (Lipinski definition) is 6. The largest absolute Gasteiger partial charge is 0.462 e. The second kappa shape index (κ2) is 9.32. The third-order valence-corrected chi connectivity index (χ3v) is 5.70. The topological polar surface area (TPSA) is 74.9 Å². The number of nitrogens with zero attached hydrogens (tertiary/aromatic N) is 1. The lowest BCUT2D eigenvalue weighted by molar-refractivity contribution is 0.0926. The fourth-order valence-corrected chi connectivity index (χ4v) is 4.35. The molecule has 1 saturated heterocycles. The molecule has 0 bridgehead atoms. The zero-order chi connectivity index (χ0) is 18.4. The predicted octanol–water partition coefficient (Wildman–Crippen LogP) is 2.94. The SMILES string of the molecule is CCOCCNC(=O)c1ccc([C@H]2CCCN2Cc2ccc(CO)o2)s1. The van der Waals surface area contributed by atoms with E-state index in [9.17, 15) is 4.79 Å². The average Bonchev–Trinajstić information content (AvgIpc) is 3.38. The highest BCUT2D eigenvalue weighted by atomic mass is 32.1. The third-order valence-electron chi connectivity index (χ3n) is 4.51.